The molecular formula is C18H22N2O. The van der Waals surface area contributed by atoms with Gasteiger partial charge in [0.25, 0.3) is 0 Å². The van der Waals surface area contributed by atoms with E-state index in [1.54, 1.807) is 6.20 Å². The van der Waals surface area contributed by atoms with E-state index in [9.17, 15) is 0 Å². The van der Waals surface area contributed by atoms with Crippen LogP contribution in [-0.4, -0.2) is 11.1 Å². The largest absolute Gasteiger partial charge is 0.473 e. The molecular weight excluding hydrogens is 260 g/mol. The standard InChI is InChI=1S/C18H22N2O/c1-13(2)21-18-17(7-4-10-19-18)20-12-14-5-3-6-16(11-14)15-8-9-15/h3-7,10-11,13,15,20H,8-9,12H2,1-2H3. The van der Waals surface area contributed by atoms with Crippen LogP contribution in [0, 0.1) is 0 Å². The summed E-state index contributed by atoms with van der Waals surface area (Å²) in [5, 5.41) is 3.43. The summed E-state index contributed by atoms with van der Waals surface area (Å²) in [5.41, 5.74) is 3.72. The Bertz CT molecular complexity index is 606. The molecule has 1 aromatic carbocycles. The fraction of sp³-hybridized carbons (Fsp3) is 0.389. The highest BCUT2D eigenvalue weighted by atomic mass is 16.5. The lowest BCUT2D eigenvalue weighted by Gasteiger charge is -2.14. The van der Waals surface area contributed by atoms with Gasteiger partial charge in [0.15, 0.2) is 0 Å². The molecule has 1 aliphatic carbocycles. The Morgan fingerprint density at radius 3 is 2.86 bits per heavy atom. The minimum Gasteiger partial charge on any atom is -0.473 e. The van der Waals surface area contributed by atoms with Crippen LogP contribution in [0.2, 0.25) is 0 Å². The van der Waals surface area contributed by atoms with Crippen molar-refractivity contribution in [2.75, 3.05) is 5.32 Å². The summed E-state index contributed by atoms with van der Waals surface area (Å²) in [6, 6.07) is 12.8. The molecule has 110 valence electrons. The van der Waals surface area contributed by atoms with Crippen LogP contribution in [-0.2, 0) is 6.54 Å². The molecule has 0 amide bonds. The Morgan fingerprint density at radius 2 is 2.10 bits per heavy atom. The molecule has 0 radical (unpaired) electrons. The second-order valence-electron chi connectivity index (χ2n) is 5.90. The zero-order chi connectivity index (χ0) is 14.7. The van der Waals surface area contributed by atoms with Crippen molar-refractivity contribution in [1.82, 2.24) is 4.98 Å². The predicted molar refractivity (Wildman–Crippen MR) is 85.7 cm³/mol. The Morgan fingerprint density at radius 1 is 1.24 bits per heavy atom. The molecule has 0 bridgehead atoms. The first-order chi connectivity index (χ1) is 10.2. The molecule has 1 aromatic heterocycles. The van der Waals surface area contributed by atoms with E-state index >= 15 is 0 Å². The number of ether oxygens (including phenoxy) is 1. The lowest BCUT2D eigenvalue weighted by atomic mass is 10.1. The molecule has 3 heteroatoms. The number of rotatable bonds is 6. The van der Waals surface area contributed by atoms with Gasteiger partial charge in [-0.15, -0.1) is 0 Å². The van der Waals surface area contributed by atoms with Crippen LogP contribution in [0.3, 0.4) is 0 Å². The van der Waals surface area contributed by atoms with Crippen LogP contribution >= 0.6 is 0 Å². The minimum absolute atomic E-state index is 0.124. The molecule has 0 aliphatic heterocycles. The van der Waals surface area contributed by atoms with Crippen molar-refractivity contribution in [1.29, 1.82) is 0 Å². The van der Waals surface area contributed by atoms with Crippen molar-refractivity contribution in [3.8, 4) is 5.88 Å². The zero-order valence-electron chi connectivity index (χ0n) is 12.7. The highest BCUT2D eigenvalue weighted by Gasteiger charge is 2.23. The van der Waals surface area contributed by atoms with Crippen molar-refractivity contribution in [2.45, 2.75) is 45.3 Å². The zero-order valence-corrected chi connectivity index (χ0v) is 12.7. The third-order valence-corrected chi connectivity index (χ3v) is 3.60. The number of aromatic nitrogens is 1. The van der Waals surface area contributed by atoms with Gasteiger partial charge in [0.05, 0.1) is 11.8 Å². The summed E-state index contributed by atoms with van der Waals surface area (Å²) < 4.78 is 5.73. The number of anilines is 1. The molecule has 3 rings (SSSR count). The maximum atomic E-state index is 5.73. The SMILES string of the molecule is CC(C)Oc1ncccc1NCc1cccc(C2CC2)c1. The summed E-state index contributed by atoms with van der Waals surface area (Å²) in [4.78, 5) is 4.30. The van der Waals surface area contributed by atoms with E-state index in [2.05, 4.69) is 34.6 Å². The summed E-state index contributed by atoms with van der Waals surface area (Å²) in [7, 11) is 0. The van der Waals surface area contributed by atoms with E-state index in [-0.39, 0.29) is 6.10 Å². The molecule has 2 aromatic rings. The van der Waals surface area contributed by atoms with Gasteiger partial charge < -0.3 is 10.1 Å². The molecule has 21 heavy (non-hydrogen) atoms. The van der Waals surface area contributed by atoms with Crippen molar-refractivity contribution < 1.29 is 4.74 Å². The van der Waals surface area contributed by atoms with Gasteiger partial charge in [-0.1, -0.05) is 24.3 Å². The van der Waals surface area contributed by atoms with Crippen LogP contribution in [0.1, 0.15) is 43.7 Å². The maximum absolute atomic E-state index is 5.73. The Hall–Kier alpha value is -2.03. The van der Waals surface area contributed by atoms with E-state index in [1.807, 2.05) is 26.0 Å². The smallest absolute Gasteiger partial charge is 0.237 e. The second-order valence-corrected chi connectivity index (χ2v) is 5.90. The van der Waals surface area contributed by atoms with Gasteiger partial charge in [-0.2, -0.15) is 0 Å². The lowest BCUT2D eigenvalue weighted by molar-refractivity contribution is 0.234. The van der Waals surface area contributed by atoms with Crippen LogP contribution in [0.25, 0.3) is 0 Å². The number of nitrogens with one attached hydrogen (secondary N) is 1. The van der Waals surface area contributed by atoms with E-state index in [4.69, 9.17) is 4.74 Å². The van der Waals surface area contributed by atoms with Gasteiger partial charge in [-0.05, 0) is 55.9 Å². The number of pyridine rings is 1. The first-order valence-electron chi connectivity index (χ1n) is 7.67. The number of hydrogen-bond acceptors (Lipinski definition) is 3. The van der Waals surface area contributed by atoms with Crippen LogP contribution < -0.4 is 10.1 Å². The number of hydrogen-bond donors (Lipinski definition) is 1. The van der Waals surface area contributed by atoms with Crippen molar-refractivity contribution in [2.24, 2.45) is 0 Å². The maximum Gasteiger partial charge on any atom is 0.237 e. The van der Waals surface area contributed by atoms with Crippen molar-refractivity contribution in [3.63, 3.8) is 0 Å². The molecule has 1 heterocycles. The monoisotopic (exact) mass is 282 g/mol. The van der Waals surface area contributed by atoms with E-state index in [0.717, 1.165) is 18.2 Å². The Kier molecular flexibility index (Phi) is 4.09. The van der Waals surface area contributed by atoms with Crippen molar-refractivity contribution >= 4 is 5.69 Å². The van der Waals surface area contributed by atoms with Gasteiger partial charge in [-0.25, -0.2) is 4.98 Å². The fourth-order valence-corrected chi connectivity index (χ4v) is 2.41. The molecule has 1 fully saturated rings. The van der Waals surface area contributed by atoms with E-state index in [0.29, 0.717) is 5.88 Å². The van der Waals surface area contributed by atoms with Gasteiger partial charge >= 0.3 is 0 Å². The molecule has 0 saturated heterocycles. The van der Waals surface area contributed by atoms with E-state index in [1.165, 1.54) is 24.0 Å². The average molecular weight is 282 g/mol. The summed E-state index contributed by atoms with van der Waals surface area (Å²) >= 11 is 0. The third kappa shape index (κ3) is 3.75. The van der Waals surface area contributed by atoms with Crippen LogP contribution in [0.4, 0.5) is 5.69 Å². The number of benzene rings is 1. The molecule has 1 saturated carbocycles. The molecule has 3 nitrogen and oxygen atoms in total. The molecule has 0 unspecified atom stereocenters. The molecule has 1 N–H and O–H groups in total. The quantitative estimate of drug-likeness (QED) is 0.855. The summed E-state index contributed by atoms with van der Waals surface area (Å²) in [5.74, 6) is 1.47. The normalized spacial score (nSPS) is 14.2. The predicted octanol–water partition coefficient (Wildman–Crippen LogP) is 4.36. The molecule has 0 spiro atoms. The highest BCUT2D eigenvalue weighted by molar-refractivity contribution is 5.52. The fourth-order valence-electron chi connectivity index (χ4n) is 2.41. The second kappa shape index (κ2) is 6.17. The molecule has 0 atom stereocenters. The minimum atomic E-state index is 0.124. The number of nitrogens with zero attached hydrogens (tertiary/aromatic N) is 1. The van der Waals surface area contributed by atoms with Gasteiger partial charge in [-0.3, -0.25) is 0 Å². The Labute approximate surface area is 126 Å². The third-order valence-electron chi connectivity index (χ3n) is 3.60. The van der Waals surface area contributed by atoms with Gasteiger partial charge in [0.1, 0.15) is 0 Å². The summed E-state index contributed by atoms with van der Waals surface area (Å²) in [6.07, 6.45) is 4.56. The first kappa shape index (κ1) is 13.9. The Balaban J connectivity index is 1.68. The lowest BCUT2D eigenvalue weighted by Crippen LogP contribution is -2.10. The molecule has 1 aliphatic rings. The van der Waals surface area contributed by atoms with Crippen molar-refractivity contribution in [3.05, 3.63) is 53.7 Å². The van der Waals surface area contributed by atoms with E-state index < -0.39 is 0 Å². The van der Waals surface area contributed by atoms with Crippen LogP contribution in [0.15, 0.2) is 42.6 Å². The van der Waals surface area contributed by atoms with Gasteiger partial charge in [0.2, 0.25) is 5.88 Å². The topological polar surface area (TPSA) is 34.1 Å². The first-order valence-corrected chi connectivity index (χ1v) is 7.67. The van der Waals surface area contributed by atoms with Gasteiger partial charge in [0, 0.05) is 12.7 Å². The summed E-state index contributed by atoms with van der Waals surface area (Å²) in [6.45, 7) is 4.82. The van der Waals surface area contributed by atoms with Crippen LogP contribution in [0.5, 0.6) is 5.88 Å². The average Bonchev–Trinajstić information content (AvgIpc) is 3.31. The highest BCUT2D eigenvalue weighted by Crippen LogP contribution is 2.40.